The lowest BCUT2D eigenvalue weighted by atomic mass is 9.88. The number of aromatic nitrogens is 2. The van der Waals surface area contributed by atoms with Crippen LogP contribution in [0.4, 0.5) is 0 Å². The number of rotatable bonds is 4. The van der Waals surface area contributed by atoms with Crippen LogP contribution in [-0.4, -0.2) is 29.1 Å². The molecule has 0 saturated heterocycles. The fourth-order valence-corrected chi connectivity index (χ4v) is 3.76. The van der Waals surface area contributed by atoms with Crippen molar-refractivity contribution < 1.29 is 14.3 Å². The second-order valence-electron chi connectivity index (χ2n) is 6.54. The molecule has 1 aromatic carbocycles. The molecule has 1 aliphatic heterocycles. The maximum absolute atomic E-state index is 12.9. The van der Waals surface area contributed by atoms with Gasteiger partial charge in [-0.2, -0.15) is 0 Å². The first-order valence-corrected chi connectivity index (χ1v) is 8.98. The van der Waals surface area contributed by atoms with Crippen LogP contribution in [0, 0.1) is 0 Å². The smallest absolute Gasteiger partial charge is 0.229 e. The van der Waals surface area contributed by atoms with E-state index in [1.54, 1.807) is 6.33 Å². The summed E-state index contributed by atoms with van der Waals surface area (Å²) in [6.45, 7) is 3.17. The number of imidazole rings is 1. The van der Waals surface area contributed by atoms with Gasteiger partial charge in [-0.15, -0.1) is 0 Å². The molecular weight excluding hydrogens is 318 g/mol. The largest absolute Gasteiger partial charge is 0.494 e. The van der Waals surface area contributed by atoms with Crippen molar-refractivity contribution in [3.8, 4) is 11.5 Å². The average molecular weight is 341 g/mol. The molecule has 2 heterocycles. The fourth-order valence-electron chi connectivity index (χ4n) is 3.76. The molecule has 2 aromatic rings. The van der Waals surface area contributed by atoms with Crippen molar-refractivity contribution in [3.63, 3.8) is 0 Å². The molecule has 0 radical (unpaired) electrons. The first-order chi connectivity index (χ1) is 12.3. The van der Waals surface area contributed by atoms with Gasteiger partial charge in [-0.1, -0.05) is 0 Å². The quantitative estimate of drug-likeness (QED) is 0.896. The number of aryl methyl sites for hydroxylation is 1. The molecule has 25 heavy (non-hydrogen) atoms. The molecule has 0 fully saturated rings. The van der Waals surface area contributed by atoms with E-state index in [1.165, 1.54) is 0 Å². The van der Waals surface area contributed by atoms with Crippen molar-refractivity contribution in [2.45, 2.75) is 44.6 Å². The molecule has 2 N–H and O–H groups in total. The summed E-state index contributed by atoms with van der Waals surface area (Å²) in [5.41, 5.74) is 2.99. The van der Waals surface area contributed by atoms with Crippen LogP contribution in [0.2, 0.25) is 0 Å². The van der Waals surface area contributed by atoms with E-state index in [-0.39, 0.29) is 17.9 Å². The van der Waals surface area contributed by atoms with Crippen LogP contribution in [0.25, 0.3) is 0 Å². The molecule has 2 unspecified atom stereocenters. The first kappa shape index (κ1) is 16.0. The third kappa shape index (κ3) is 3.08. The molecule has 1 aliphatic carbocycles. The standard InChI is InChI=1S/C19H23N3O3/c1-2-24-12-6-7-17-14(10-12)15(8-9-25-17)22-19(23)13-4-3-5-16-18(13)21-11-20-16/h6-7,10-11,13,15H,2-5,8-9H2,1H3,(H,20,21)(H,22,23). The molecule has 2 aliphatic rings. The first-order valence-electron chi connectivity index (χ1n) is 8.98. The minimum Gasteiger partial charge on any atom is -0.494 e. The van der Waals surface area contributed by atoms with Crippen molar-refractivity contribution in [2.75, 3.05) is 13.2 Å². The van der Waals surface area contributed by atoms with Gasteiger partial charge in [-0.05, 0) is 44.4 Å². The second kappa shape index (κ2) is 6.78. The number of nitrogens with one attached hydrogen (secondary N) is 2. The molecule has 1 aromatic heterocycles. The number of ether oxygens (including phenoxy) is 2. The van der Waals surface area contributed by atoms with E-state index in [0.29, 0.717) is 13.2 Å². The maximum atomic E-state index is 12.9. The van der Waals surface area contributed by atoms with Gasteiger partial charge in [0.1, 0.15) is 11.5 Å². The topological polar surface area (TPSA) is 76.2 Å². The van der Waals surface area contributed by atoms with E-state index >= 15 is 0 Å². The maximum Gasteiger partial charge on any atom is 0.229 e. The number of benzene rings is 1. The molecule has 6 heteroatoms. The Balaban J connectivity index is 1.54. The second-order valence-corrected chi connectivity index (χ2v) is 6.54. The van der Waals surface area contributed by atoms with Gasteiger partial charge >= 0.3 is 0 Å². The van der Waals surface area contributed by atoms with Gasteiger partial charge < -0.3 is 19.8 Å². The summed E-state index contributed by atoms with van der Waals surface area (Å²) in [7, 11) is 0. The van der Waals surface area contributed by atoms with Crippen molar-refractivity contribution in [2.24, 2.45) is 0 Å². The van der Waals surface area contributed by atoms with Crippen LogP contribution in [0.15, 0.2) is 24.5 Å². The van der Waals surface area contributed by atoms with Crippen LogP contribution in [0.3, 0.4) is 0 Å². The summed E-state index contributed by atoms with van der Waals surface area (Å²) in [6.07, 6.45) is 5.27. The minimum atomic E-state index is -0.170. The summed E-state index contributed by atoms with van der Waals surface area (Å²) in [5, 5.41) is 3.22. The van der Waals surface area contributed by atoms with E-state index in [1.807, 2.05) is 25.1 Å². The summed E-state index contributed by atoms with van der Waals surface area (Å²) < 4.78 is 11.3. The van der Waals surface area contributed by atoms with Crippen molar-refractivity contribution in [1.29, 1.82) is 0 Å². The molecule has 0 saturated carbocycles. The normalized spacial score (nSPS) is 21.6. The highest BCUT2D eigenvalue weighted by molar-refractivity contribution is 5.84. The van der Waals surface area contributed by atoms with Gasteiger partial charge in [0.25, 0.3) is 0 Å². The summed E-state index contributed by atoms with van der Waals surface area (Å²) in [4.78, 5) is 20.4. The number of amides is 1. The Kier molecular flexibility index (Phi) is 4.34. The van der Waals surface area contributed by atoms with Crippen molar-refractivity contribution >= 4 is 5.91 Å². The lowest BCUT2D eigenvalue weighted by molar-refractivity contribution is -0.123. The van der Waals surface area contributed by atoms with Gasteiger partial charge in [0.2, 0.25) is 5.91 Å². The lowest BCUT2D eigenvalue weighted by Crippen LogP contribution is -2.36. The van der Waals surface area contributed by atoms with Gasteiger partial charge in [0.15, 0.2) is 0 Å². The van der Waals surface area contributed by atoms with E-state index in [4.69, 9.17) is 9.47 Å². The Morgan fingerprint density at radius 1 is 1.44 bits per heavy atom. The van der Waals surface area contributed by atoms with Crippen LogP contribution < -0.4 is 14.8 Å². The van der Waals surface area contributed by atoms with Crippen LogP contribution >= 0.6 is 0 Å². The fraction of sp³-hybridized carbons (Fsp3) is 0.474. The minimum absolute atomic E-state index is 0.0488. The van der Waals surface area contributed by atoms with E-state index < -0.39 is 0 Å². The Morgan fingerprint density at radius 3 is 3.24 bits per heavy atom. The van der Waals surface area contributed by atoms with Crippen LogP contribution in [-0.2, 0) is 11.2 Å². The third-order valence-electron chi connectivity index (χ3n) is 4.97. The predicted molar refractivity (Wildman–Crippen MR) is 92.9 cm³/mol. The number of hydrogen-bond acceptors (Lipinski definition) is 4. The summed E-state index contributed by atoms with van der Waals surface area (Å²) in [6, 6.07) is 5.75. The van der Waals surface area contributed by atoms with Crippen molar-refractivity contribution in [1.82, 2.24) is 15.3 Å². The van der Waals surface area contributed by atoms with Crippen LogP contribution in [0.1, 0.15) is 55.1 Å². The van der Waals surface area contributed by atoms with E-state index in [0.717, 1.165) is 54.1 Å². The van der Waals surface area contributed by atoms with Gasteiger partial charge in [0.05, 0.1) is 37.2 Å². The highest BCUT2D eigenvalue weighted by Crippen LogP contribution is 2.36. The SMILES string of the molecule is CCOc1ccc2c(c1)C(NC(=O)C1CCCc3[nH]cnc31)CCO2. The number of carbonyl (C=O) groups excluding carboxylic acids is 1. The van der Waals surface area contributed by atoms with E-state index in [2.05, 4.69) is 15.3 Å². The Labute approximate surface area is 146 Å². The van der Waals surface area contributed by atoms with Gasteiger partial charge in [-0.25, -0.2) is 4.98 Å². The van der Waals surface area contributed by atoms with E-state index in [9.17, 15) is 4.79 Å². The zero-order valence-corrected chi connectivity index (χ0v) is 14.4. The highest BCUT2D eigenvalue weighted by atomic mass is 16.5. The third-order valence-corrected chi connectivity index (χ3v) is 4.97. The van der Waals surface area contributed by atoms with Gasteiger partial charge in [-0.3, -0.25) is 4.79 Å². The number of carbonyl (C=O) groups is 1. The number of aromatic amines is 1. The van der Waals surface area contributed by atoms with Crippen LogP contribution in [0.5, 0.6) is 11.5 Å². The molecule has 4 rings (SSSR count). The number of hydrogen-bond donors (Lipinski definition) is 2. The lowest BCUT2D eigenvalue weighted by Gasteiger charge is -2.29. The number of H-pyrrole nitrogens is 1. The summed E-state index contributed by atoms with van der Waals surface area (Å²) >= 11 is 0. The molecule has 0 spiro atoms. The molecule has 0 bridgehead atoms. The Morgan fingerprint density at radius 2 is 2.36 bits per heavy atom. The average Bonchev–Trinajstić information content (AvgIpc) is 3.11. The zero-order valence-electron chi connectivity index (χ0n) is 14.4. The number of fused-ring (bicyclic) bond motifs is 2. The predicted octanol–water partition coefficient (Wildman–Crippen LogP) is 2.87. The Bertz CT molecular complexity index is 771. The monoisotopic (exact) mass is 341 g/mol. The zero-order chi connectivity index (χ0) is 17.2. The molecular formula is C19H23N3O3. The summed E-state index contributed by atoms with van der Waals surface area (Å²) in [5.74, 6) is 1.51. The molecule has 6 nitrogen and oxygen atoms in total. The molecule has 1 amide bonds. The molecule has 2 atom stereocenters. The highest BCUT2D eigenvalue weighted by Gasteiger charge is 2.32. The number of nitrogens with zero attached hydrogens (tertiary/aromatic N) is 1. The van der Waals surface area contributed by atoms with Crippen molar-refractivity contribution in [3.05, 3.63) is 41.5 Å². The Hall–Kier alpha value is -2.50. The molecule has 132 valence electrons. The van der Waals surface area contributed by atoms with Gasteiger partial charge in [0, 0.05) is 17.7 Å².